The number of aromatic nitrogens is 3. The van der Waals surface area contributed by atoms with E-state index in [4.69, 9.17) is 10.5 Å². The first-order valence-electron chi connectivity index (χ1n) is 9.38. The zero-order chi connectivity index (χ0) is 21.1. The molecule has 0 atom stereocenters. The standard InChI is InChI=1S/C23H19FN4O2/c1-30-23-26-12-15(13-27-23)3-2-14-4-9-18-19(16-5-7-17(24)8-6-16)11-21(22(25)29)28-20(18)10-14/h4-13H,2-3H2,1H3,(H2,25,29). The molecule has 0 bridgehead atoms. The van der Waals surface area contributed by atoms with E-state index in [0.29, 0.717) is 11.5 Å². The summed E-state index contributed by atoms with van der Waals surface area (Å²) in [6, 6.07) is 14.0. The van der Waals surface area contributed by atoms with Crippen LogP contribution in [0.5, 0.6) is 6.01 Å². The summed E-state index contributed by atoms with van der Waals surface area (Å²) in [7, 11) is 1.53. The number of nitrogens with zero attached hydrogens (tertiary/aromatic N) is 3. The monoisotopic (exact) mass is 402 g/mol. The van der Waals surface area contributed by atoms with E-state index in [2.05, 4.69) is 15.0 Å². The van der Waals surface area contributed by atoms with Crippen LogP contribution in [0, 0.1) is 5.82 Å². The number of hydrogen-bond donors (Lipinski definition) is 1. The van der Waals surface area contributed by atoms with E-state index in [1.807, 2.05) is 18.2 Å². The van der Waals surface area contributed by atoms with Crippen molar-refractivity contribution in [2.75, 3.05) is 7.11 Å². The number of amides is 1. The van der Waals surface area contributed by atoms with Crippen LogP contribution in [0.25, 0.3) is 22.0 Å². The topological polar surface area (TPSA) is 91.0 Å². The summed E-state index contributed by atoms with van der Waals surface area (Å²) in [6.07, 6.45) is 4.97. The lowest BCUT2D eigenvalue weighted by Crippen LogP contribution is -2.13. The fourth-order valence-corrected chi connectivity index (χ4v) is 3.29. The van der Waals surface area contributed by atoms with Gasteiger partial charge in [-0.3, -0.25) is 4.79 Å². The average molecular weight is 402 g/mol. The molecule has 0 aliphatic carbocycles. The maximum Gasteiger partial charge on any atom is 0.316 e. The van der Waals surface area contributed by atoms with Crippen molar-refractivity contribution in [3.05, 3.63) is 83.6 Å². The molecule has 150 valence electrons. The van der Waals surface area contributed by atoms with Gasteiger partial charge in [-0.25, -0.2) is 19.3 Å². The van der Waals surface area contributed by atoms with E-state index >= 15 is 0 Å². The number of methoxy groups -OCH3 is 1. The zero-order valence-corrected chi connectivity index (χ0v) is 16.3. The van der Waals surface area contributed by atoms with Crippen LogP contribution < -0.4 is 10.5 Å². The fourth-order valence-electron chi connectivity index (χ4n) is 3.29. The Balaban J connectivity index is 1.68. The average Bonchev–Trinajstić information content (AvgIpc) is 2.77. The van der Waals surface area contributed by atoms with Crippen molar-refractivity contribution < 1.29 is 13.9 Å². The van der Waals surface area contributed by atoms with Gasteiger partial charge in [-0.15, -0.1) is 0 Å². The van der Waals surface area contributed by atoms with Crippen LogP contribution in [0.2, 0.25) is 0 Å². The van der Waals surface area contributed by atoms with Gasteiger partial charge < -0.3 is 10.5 Å². The molecule has 0 saturated heterocycles. The lowest BCUT2D eigenvalue weighted by Gasteiger charge is -2.11. The Morgan fingerprint density at radius 1 is 1.00 bits per heavy atom. The quantitative estimate of drug-likeness (QED) is 0.531. The van der Waals surface area contributed by atoms with Crippen molar-refractivity contribution in [3.63, 3.8) is 0 Å². The minimum Gasteiger partial charge on any atom is -0.467 e. The molecule has 4 aromatic rings. The highest BCUT2D eigenvalue weighted by atomic mass is 19.1. The number of ether oxygens (including phenoxy) is 1. The molecule has 0 spiro atoms. The lowest BCUT2D eigenvalue weighted by molar-refractivity contribution is 0.0996. The van der Waals surface area contributed by atoms with Crippen LogP contribution in [0.4, 0.5) is 4.39 Å². The van der Waals surface area contributed by atoms with E-state index in [-0.39, 0.29) is 11.5 Å². The van der Waals surface area contributed by atoms with Gasteiger partial charge in [-0.2, -0.15) is 0 Å². The number of halogens is 1. The zero-order valence-electron chi connectivity index (χ0n) is 16.3. The second-order valence-electron chi connectivity index (χ2n) is 6.86. The number of aryl methyl sites for hydroxylation is 2. The molecule has 4 rings (SSSR count). The molecule has 2 aromatic carbocycles. The van der Waals surface area contributed by atoms with Crippen LogP contribution in [0.3, 0.4) is 0 Å². The van der Waals surface area contributed by atoms with Crippen molar-refractivity contribution in [2.24, 2.45) is 5.73 Å². The van der Waals surface area contributed by atoms with Crippen molar-refractivity contribution in [1.82, 2.24) is 15.0 Å². The SMILES string of the molecule is COc1ncc(CCc2ccc3c(-c4ccc(F)cc4)cc(C(N)=O)nc3c2)cn1. The molecular formula is C23H19FN4O2. The number of carbonyl (C=O) groups excluding carboxylic acids is 1. The summed E-state index contributed by atoms with van der Waals surface area (Å²) in [6.45, 7) is 0. The number of benzene rings is 2. The molecule has 0 radical (unpaired) electrons. The van der Waals surface area contributed by atoms with Crippen molar-refractivity contribution in [1.29, 1.82) is 0 Å². The van der Waals surface area contributed by atoms with Gasteiger partial charge in [0.1, 0.15) is 11.5 Å². The Bertz CT molecular complexity index is 1210. The van der Waals surface area contributed by atoms with Crippen LogP contribution in [0.15, 0.2) is 60.9 Å². The molecule has 2 aromatic heterocycles. The normalized spacial score (nSPS) is 10.9. The highest BCUT2D eigenvalue weighted by molar-refractivity contribution is 6.00. The molecule has 2 heterocycles. The molecule has 0 saturated carbocycles. The first-order chi connectivity index (χ1) is 14.5. The molecule has 0 aliphatic heterocycles. The summed E-state index contributed by atoms with van der Waals surface area (Å²) >= 11 is 0. The third-order valence-electron chi connectivity index (χ3n) is 4.85. The minimum atomic E-state index is -0.610. The number of pyridine rings is 1. The predicted molar refractivity (Wildman–Crippen MR) is 112 cm³/mol. The van der Waals surface area contributed by atoms with E-state index in [1.54, 1.807) is 30.6 Å². The number of nitrogens with two attached hydrogens (primary N) is 1. The number of hydrogen-bond acceptors (Lipinski definition) is 5. The molecular weight excluding hydrogens is 383 g/mol. The Kier molecular flexibility index (Phi) is 5.34. The van der Waals surface area contributed by atoms with Gasteiger partial charge in [-0.1, -0.05) is 24.3 Å². The van der Waals surface area contributed by atoms with Gasteiger partial charge in [0.25, 0.3) is 5.91 Å². The molecule has 0 unspecified atom stereocenters. The minimum absolute atomic E-state index is 0.169. The third kappa shape index (κ3) is 4.10. The van der Waals surface area contributed by atoms with Gasteiger partial charge in [0.2, 0.25) is 0 Å². The molecule has 6 nitrogen and oxygen atoms in total. The van der Waals surface area contributed by atoms with E-state index < -0.39 is 5.91 Å². The van der Waals surface area contributed by atoms with E-state index in [1.165, 1.54) is 19.2 Å². The summed E-state index contributed by atoms with van der Waals surface area (Å²) in [5, 5.41) is 0.864. The largest absolute Gasteiger partial charge is 0.467 e. The summed E-state index contributed by atoms with van der Waals surface area (Å²) in [4.78, 5) is 24.5. The first kappa shape index (κ1) is 19.4. The number of rotatable bonds is 6. The van der Waals surface area contributed by atoms with Crippen LogP contribution in [-0.2, 0) is 12.8 Å². The highest BCUT2D eigenvalue weighted by Gasteiger charge is 2.12. The highest BCUT2D eigenvalue weighted by Crippen LogP contribution is 2.30. The predicted octanol–water partition coefficient (Wildman–Crippen LogP) is 3.72. The van der Waals surface area contributed by atoms with Crippen LogP contribution in [0.1, 0.15) is 21.6 Å². The molecule has 0 fully saturated rings. The van der Waals surface area contributed by atoms with Gasteiger partial charge in [0, 0.05) is 17.8 Å². The van der Waals surface area contributed by atoms with Crippen LogP contribution >= 0.6 is 0 Å². The van der Waals surface area contributed by atoms with E-state index in [0.717, 1.165) is 40.5 Å². The molecule has 2 N–H and O–H groups in total. The van der Waals surface area contributed by atoms with E-state index in [9.17, 15) is 9.18 Å². The van der Waals surface area contributed by atoms with Crippen LogP contribution in [-0.4, -0.2) is 28.0 Å². The fraction of sp³-hybridized carbons (Fsp3) is 0.130. The Morgan fingerprint density at radius 3 is 2.37 bits per heavy atom. The number of fused-ring (bicyclic) bond motifs is 1. The Morgan fingerprint density at radius 2 is 1.70 bits per heavy atom. The summed E-state index contributed by atoms with van der Waals surface area (Å²) in [5.74, 6) is -0.932. The van der Waals surface area contributed by atoms with Crippen molar-refractivity contribution in [2.45, 2.75) is 12.8 Å². The van der Waals surface area contributed by atoms with Crippen molar-refractivity contribution >= 4 is 16.8 Å². The second kappa shape index (κ2) is 8.24. The summed E-state index contributed by atoms with van der Waals surface area (Å²) < 4.78 is 18.3. The molecule has 0 aliphatic rings. The summed E-state index contributed by atoms with van der Waals surface area (Å²) in [5.41, 5.74) is 9.93. The first-order valence-corrected chi connectivity index (χ1v) is 9.38. The number of carbonyl (C=O) groups is 1. The smallest absolute Gasteiger partial charge is 0.316 e. The second-order valence-corrected chi connectivity index (χ2v) is 6.86. The number of primary amides is 1. The Labute approximate surface area is 172 Å². The third-order valence-corrected chi connectivity index (χ3v) is 4.85. The van der Waals surface area contributed by atoms with Crippen molar-refractivity contribution in [3.8, 4) is 17.1 Å². The Hall–Kier alpha value is -3.87. The van der Waals surface area contributed by atoms with Gasteiger partial charge in [0.05, 0.1) is 12.6 Å². The van der Waals surface area contributed by atoms with Gasteiger partial charge in [-0.05, 0) is 59.4 Å². The maximum absolute atomic E-state index is 13.3. The van der Waals surface area contributed by atoms with Gasteiger partial charge in [0.15, 0.2) is 0 Å². The maximum atomic E-state index is 13.3. The molecule has 1 amide bonds. The lowest BCUT2D eigenvalue weighted by atomic mass is 9.97. The molecule has 30 heavy (non-hydrogen) atoms. The van der Waals surface area contributed by atoms with Gasteiger partial charge >= 0.3 is 6.01 Å². The molecule has 7 heteroatoms.